The van der Waals surface area contributed by atoms with E-state index in [9.17, 15) is 9.50 Å². The second-order valence-electron chi connectivity index (χ2n) is 6.00. The van der Waals surface area contributed by atoms with E-state index >= 15 is 0 Å². The monoisotopic (exact) mass is 300 g/mol. The van der Waals surface area contributed by atoms with Crippen LogP contribution in [0.15, 0.2) is 18.2 Å². The van der Waals surface area contributed by atoms with Crippen LogP contribution in [0.3, 0.4) is 0 Å². The summed E-state index contributed by atoms with van der Waals surface area (Å²) in [5, 5.41) is 13.5. The van der Waals surface area contributed by atoms with Crippen molar-refractivity contribution in [3.63, 3.8) is 0 Å². The van der Waals surface area contributed by atoms with Crippen molar-refractivity contribution in [3.05, 3.63) is 34.6 Å². The van der Waals surface area contributed by atoms with Crippen molar-refractivity contribution in [2.24, 2.45) is 5.41 Å². The summed E-state index contributed by atoms with van der Waals surface area (Å²) < 4.78 is 13.3. The topological polar surface area (TPSA) is 35.5 Å². The van der Waals surface area contributed by atoms with Crippen molar-refractivity contribution in [1.29, 1.82) is 0 Å². The predicted octanol–water partition coefficient (Wildman–Crippen LogP) is 2.44. The Bertz CT molecular complexity index is 461. The summed E-state index contributed by atoms with van der Waals surface area (Å²) in [7, 11) is 0. The van der Waals surface area contributed by atoms with Crippen LogP contribution in [0.2, 0.25) is 5.02 Å². The third kappa shape index (κ3) is 3.31. The number of hydrogen-bond donors (Lipinski definition) is 2. The van der Waals surface area contributed by atoms with Crippen LogP contribution in [0.4, 0.5) is 4.39 Å². The van der Waals surface area contributed by atoms with E-state index in [1.54, 1.807) is 6.07 Å². The maximum absolute atomic E-state index is 13.3. The van der Waals surface area contributed by atoms with Crippen LogP contribution < -0.4 is 5.32 Å². The molecular weight excluding hydrogens is 279 g/mol. The first kappa shape index (κ1) is 15.7. The van der Waals surface area contributed by atoms with Gasteiger partial charge in [0.15, 0.2) is 0 Å². The highest BCUT2D eigenvalue weighted by molar-refractivity contribution is 6.31. The van der Waals surface area contributed by atoms with Gasteiger partial charge in [0, 0.05) is 49.3 Å². The molecule has 0 radical (unpaired) electrons. The molecule has 1 aliphatic heterocycles. The number of halogens is 2. The van der Waals surface area contributed by atoms with Crippen LogP contribution in [-0.2, 0) is 0 Å². The molecule has 3 nitrogen and oxygen atoms in total. The van der Waals surface area contributed by atoms with E-state index < -0.39 is 0 Å². The van der Waals surface area contributed by atoms with Gasteiger partial charge < -0.3 is 10.4 Å². The van der Waals surface area contributed by atoms with E-state index in [4.69, 9.17) is 11.6 Å². The number of piperazine rings is 1. The number of nitrogens with one attached hydrogen (secondary N) is 1. The van der Waals surface area contributed by atoms with Gasteiger partial charge in [-0.1, -0.05) is 31.5 Å². The molecule has 0 aliphatic carbocycles. The Hall–Kier alpha value is -0.680. The second-order valence-corrected chi connectivity index (χ2v) is 6.41. The summed E-state index contributed by atoms with van der Waals surface area (Å²) in [6.07, 6.45) is 0. The highest BCUT2D eigenvalue weighted by Gasteiger charge is 2.36. The fourth-order valence-corrected chi connectivity index (χ4v) is 3.13. The molecular formula is C15H22ClFN2O. The highest BCUT2D eigenvalue weighted by atomic mass is 35.5. The average Bonchev–Trinajstić information content (AvgIpc) is 2.43. The van der Waals surface area contributed by atoms with Gasteiger partial charge in [0.25, 0.3) is 0 Å². The minimum atomic E-state index is -0.348. The van der Waals surface area contributed by atoms with E-state index in [2.05, 4.69) is 10.2 Å². The fourth-order valence-electron chi connectivity index (χ4n) is 2.86. The molecule has 1 saturated heterocycles. The van der Waals surface area contributed by atoms with Gasteiger partial charge in [-0.3, -0.25) is 4.90 Å². The molecule has 20 heavy (non-hydrogen) atoms. The first-order valence-corrected chi connectivity index (χ1v) is 7.34. The van der Waals surface area contributed by atoms with Gasteiger partial charge in [0.1, 0.15) is 5.82 Å². The Morgan fingerprint density at radius 2 is 2.05 bits per heavy atom. The highest BCUT2D eigenvalue weighted by Crippen LogP contribution is 2.41. The molecule has 5 heteroatoms. The number of rotatable bonds is 4. The molecule has 0 spiro atoms. The van der Waals surface area contributed by atoms with Crippen molar-refractivity contribution in [2.45, 2.75) is 19.9 Å². The third-order valence-corrected chi connectivity index (χ3v) is 4.25. The van der Waals surface area contributed by atoms with Crippen molar-refractivity contribution in [2.75, 3.05) is 32.8 Å². The average molecular weight is 301 g/mol. The SMILES string of the molecule is CC(C)(CO)[C@@H](c1ccc(F)cc1Cl)N1CCNCC1. The number of hydrogen-bond acceptors (Lipinski definition) is 3. The van der Waals surface area contributed by atoms with Gasteiger partial charge in [0.2, 0.25) is 0 Å². The lowest BCUT2D eigenvalue weighted by Crippen LogP contribution is -2.49. The molecule has 1 fully saturated rings. The lowest BCUT2D eigenvalue weighted by molar-refractivity contribution is 0.0305. The summed E-state index contributed by atoms with van der Waals surface area (Å²) in [6, 6.07) is 4.49. The van der Waals surface area contributed by atoms with Gasteiger partial charge in [-0.25, -0.2) is 4.39 Å². The summed E-state index contributed by atoms with van der Waals surface area (Å²) in [4.78, 5) is 2.31. The summed E-state index contributed by atoms with van der Waals surface area (Å²) >= 11 is 6.24. The van der Waals surface area contributed by atoms with Gasteiger partial charge >= 0.3 is 0 Å². The lowest BCUT2D eigenvalue weighted by Gasteiger charge is -2.43. The van der Waals surface area contributed by atoms with Gasteiger partial charge in [-0.15, -0.1) is 0 Å². The van der Waals surface area contributed by atoms with Crippen molar-refractivity contribution in [3.8, 4) is 0 Å². The van der Waals surface area contributed by atoms with Gasteiger partial charge in [-0.2, -0.15) is 0 Å². The molecule has 1 aliphatic rings. The fraction of sp³-hybridized carbons (Fsp3) is 0.600. The molecule has 1 heterocycles. The van der Waals surface area contributed by atoms with Gasteiger partial charge in [-0.05, 0) is 17.7 Å². The maximum atomic E-state index is 13.3. The van der Waals surface area contributed by atoms with E-state index in [1.165, 1.54) is 12.1 Å². The smallest absolute Gasteiger partial charge is 0.124 e. The Morgan fingerprint density at radius 3 is 2.60 bits per heavy atom. The molecule has 0 amide bonds. The van der Waals surface area contributed by atoms with E-state index in [-0.39, 0.29) is 23.9 Å². The van der Waals surface area contributed by atoms with Crippen LogP contribution >= 0.6 is 11.6 Å². The number of benzene rings is 1. The Labute approximate surface area is 124 Å². The molecule has 2 N–H and O–H groups in total. The zero-order chi connectivity index (χ0) is 14.8. The van der Waals surface area contributed by atoms with Crippen molar-refractivity contribution < 1.29 is 9.50 Å². The largest absolute Gasteiger partial charge is 0.396 e. The lowest BCUT2D eigenvalue weighted by atomic mass is 9.79. The first-order chi connectivity index (χ1) is 9.45. The second kappa shape index (κ2) is 6.39. The Morgan fingerprint density at radius 1 is 1.40 bits per heavy atom. The molecule has 2 rings (SSSR count). The number of nitrogens with zero attached hydrogens (tertiary/aromatic N) is 1. The quantitative estimate of drug-likeness (QED) is 0.896. The van der Waals surface area contributed by atoms with E-state index in [0.29, 0.717) is 5.02 Å². The summed E-state index contributed by atoms with van der Waals surface area (Å²) in [6.45, 7) is 7.69. The van der Waals surface area contributed by atoms with E-state index in [0.717, 1.165) is 31.7 Å². The first-order valence-electron chi connectivity index (χ1n) is 6.96. The number of aliphatic hydroxyl groups excluding tert-OH is 1. The zero-order valence-corrected chi connectivity index (χ0v) is 12.8. The van der Waals surface area contributed by atoms with Crippen LogP contribution in [0.25, 0.3) is 0 Å². The Balaban J connectivity index is 2.39. The summed E-state index contributed by atoms with van der Waals surface area (Å²) in [5.74, 6) is -0.334. The molecule has 112 valence electrons. The Kier molecular flexibility index (Phi) is 5.02. The molecule has 0 unspecified atom stereocenters. The van der Waals surface area contributed by atoms with E-state index in [1.807, 2.05) is 13.8 Å². The summed E-state index contributed by atoms with van der Waals surface area (Å²) in [5.41, 5.74) is 0.535. The molecule has 1 aromatic rings. The van der Waals surface area contributed by atoms with Crippen LogP contribution in [0.1, 0.15) is 25.5 Å². The predicted molar refractivity (Wildman–Crippen MR) is 79.5 cm³/mol. The minimum Gasteiger partial charge on any atom is -0.396 e. The minimum absolute atomic E-state index is 0.0253. The molecule has 0 aromatic heterocycles. The normalized spacial score (nSPS) is 19.1. The molecule has 1 aromatic carbocycles. The standard InChI is InChI=1S/C15H22ClFN2O/c1-15(2,10-20)14(19-7-5-18-6-8-19)12-4-3-11(17)9-13(12)16/h3-4,9,14,18,20H,5-8,10H2,1-2H3/t14-/m1/s1. The van der Waals surface area contributed by atoms with Crippen LogP contribution in [0, 0.1) is 11.2 Å². The van der Waals surface area contributed by atoms with Gasteiger partial charge in [0.05, 0.1) is 0 Å². The van der Waals surface area contributed by atoms with Crippen molar-refractivity contribution >= 4 is 11.6 Å². The van der Waals surface area contributed by atoms with Crippen LogP contribution in [-0.4, -0.2) is 42.8 Å². The third-order valence-electron chi connectivity index (χ3n) is 3.92. The zero-order valence-electron chi connectivity index (χ0n) is 12.0. The van der Waals surface area contributed by atoms with Crippen LogP contribution in [0.5, 0.6) is 0 Å². The van der Waals surface area contributed by atoms with Crippen molar-refractivity contribution in [1.82, 2.24) is 10.2 Å². The molecule has 0 saturated carbocycles. The molecule has 1 atom stereocenters. The maximum Gasteiger partial charge on any atom is 0.124 e. The molecule has 0 bridgehead atoms. The number of aliphatic hydroxyl groups is 1.